The Morgan fingerprint density at radius 2 is 1.64 bits per heavy atom. The molecule has 9 heteroatoms. The number of anilines is 3. The Balaban J connectivity index is 1.50. The Labute approximate surface area is 210 Å². The molecule has 1 fully saturated rings. The maximum absolute atomic E-state index is 12.9. The molecular formula is C27H30N4O5. The summed E-state index contributed by atoms with van der Waals surface area (Å²) in [6, 6.07) is 19.5. The first-order chi connectivity index (χ1) is 17.6. The minimum absolute atomic E-state index is 0.240. The quantitative estimate of drug-likeness (QED) is 0.439. The van der Waals surface area contributed by atoms with Crippen molar-refractivity contribution in [2.24, 2.45) is 0 Å². The highest BCUT2D eigenvalue weighted by molar-refractivity contribution is 6.04. The predicted octanol–water partition coefficient (Wildman–Crippen LogP) is 4.11. The van der Waals surface area contributed by atoms with Gasteiger partial charge < -0.3 is 35.1 Å². The summed E-state index contributed by atoms with van der Waals surface area (Å²) in [7, 11) is 3.18. The highest BCUT2D eigenvalue weighted by Crippen LogP contribution is 2.29. The summed E-state index contributed by atoms with van der Waals surface area (Å²) in [5, 5.41) is 8.65. The van der Waals surface area contributed by atoms with Crippen LogP contribution in [0.15, 0.2) is 66.7 Å². The normalized spacial score (nSPS) is 13.0. The summed E-state index contributed by atoms with van der Waals surface area (Å²) in [4.78, 5) is 27.9. The van der Waals surface area contributed by atoms with Crippen LogP contribution in [-0.2, 0) is 11.3 Å². The number of ether oxygens (including phenoxy) is 3. The number of hydrogen-bond acceptors (Lipinski definition) is 6. The Bertz CT molecular complexity index is 1190. The third-order valence-electron chi connectivity index (χ3n) is 5.80. The number of nitrogens with zero attached hydrogens (tertiary/aromatic N) is 1. The molecule has 36 heavy (non-hydrogen) atoms. The summed E-state index contributed by atoms with van der Waals surface area (Å²) < 4.78 is 15.9. The number of benzene rings is 3. The summed E-state index contributed by atoms with van der Waals surface area (Å²) in [6.07, 6.45) is 0. The van der Waals surface area contributed by atoms with Crippen molar-refractivity contribution < 1.29 is 23.8 Å². The lowest BCUT2D eigenvalue weighted by Gasteiger charge is -2.30. The van der Waals surface area contributed by atoms with Crippen LogP contribution < -0.4 is 30.3 Å². The van der Waals surface area contributed by atoms with Crippen molar-refractivity contribution in [2.75, 3.05) is 56.1 Å². The molecule has 0 radical (unpaired) electrons. The molecule has 0 aromatic heterocycles. The molecule has 1 saturated heterocycles. The average molecular weight is 491 g/mol. The molecule has 3 N–H and O–H groups in total. The summed E-state index contributed by atoms with van der Waals surface area (Å²) >= 11 is 0. The maximum atomic E-state index is 12.9. The van der Waals surface area contributed by atoms with Gasteiger partial charge in [0.1, 0.15) is 11.5 Å². The molecule has 0 atom stereocenters. The SMILES string of the molecule is COc1ccc(CNC(=O)c2ccc(N3CCOCC3)c(NC(=O)Nc3cccc(OC)c3)c2)cc1. The van der Waals surface area contributed by atoms with Gasteiger partial charge in [-0.05, 0) is 48.0 Å². The van der Waals surface area contributed by atoms with Crippen molar-refractivity contribution in [3.8, 4) is 11.5 Å². The molecule has 9 nitrogen and oxygen atoms in total. The van der Waals surface area contributed by atoms with E-state index in [0.717, 1.165) is 17.0 Å². The number of urea groups is 1. The molecule has 4 rings (SSSR count). The van der Waals surface area contributed by atoms with Crippen LogP contribution in [0.1, 0.15) is 15.9 Å². The lowest BCUT2D eigenvalue weighted by Crippen LogP contribution is -2.37. The second kappa shape index (κ2) is 11.9. The van der Waals surface area contributed by atoms with Crippen molar-refractivity contribution in [3.05, 3.63) is 77.9 Å². The van der Waals surface area contributed by atoms with E-state index in [1.165, 1.54) is 0 Å². The number of carbonyl (C=O) groups excluding carboxylic acids is 2. The molecule has 0 saturated carbocycles. The van der Waals surface area contributed by atoms with Gasteiger partial charge in [0.05, 0.1) is 38.8 Å². The Morgan fingerprint density at radius 3 is 2.36 bits per heavy atom. The van der Waals surface area contributed by atoms with Gasteiger partial charge in [-0.15, -0.1) is 0 Å². The highest BCUT2D eigenvalue weighted by atomic mass is 16.5. The number of rotatable bonds is 8. The lowest BCUT2D eigenvalue weighted by atomic mass is 10.1. The number of carbonyl (C=O) groups is 2. The van der Waals surface area contributed by atoms with E-state index < -0.39 is 6.03 Å². The molecule has 1 aliphatic heterocycles. The van der Waals surface area contributed by atoms with Gasteiger partial charge in [0.15, 0.2) is 0 Å². The Hall–Kier alpha value is -4.24. The van der Waals surface area contributed by atoms with E-state index in [1.807, 2.05) is 30.3 Å². The Morgan fingerprint density at radius 1 is 0.889 bits per heavy atom. The summed E-state index contributed by atoms with van der Waals surface area (Å²) in [5.74, 6) is 1.15. The fourth-order valence-corrected chi connectivity index (χ4v) is 3.87. The number of nitrogens with one attached hydrogen (secondary N) is 3. The zero-order valence-electron chi connectivity index (χ0n) is 20.4. The largest absolute Gasteiger partial charge is 0.497 e. The third kappa shape index (κ3) is 6.45. The van der Waals surface area contributed by atoms with Crippen LogP contribution in [0.4, 0.5) is 21.9 Å². The predicted molar refractivity (Wildman–Crippen MR) is 139 cm³/mol. The van der Waals surface area contributed by atoms with Crippen molar-refractivity contribution in [1.82, 2.24) is 5.32 Å². The molecule has 188 valence electrons. The molecule has 3 amide bonds. The standard InChI is InChI=1S/C27H30N4O5/c1-34-22-9-6-19(7-10-22)18-28-26(32)20-8-11-25(31-12-14-36-15-13-31)24(16-20)30-27(33)29-21-4-3-5-23(17-21)35-2/h3-11,16-17H,12-15,18H2,1-2H3,(H,28,32)(H2,29,30,33). The van der Waals surface area contributed by atoms with Gasteiger partial charge in [-0.1, -0.05) is 18.2 Å². The minimum Gasteiger partial charge on any atom is -0.497 e. The van der Waals surface area contributed by atoms with E-state index >= 15 is 0 Å². The van der Waals surface area contributed by atoms with Gasteiger partial charge in [0, 0.05) is 37.0 Å². The summed E-state index contributed by atoms with van der Waals surface area (Å²) in [5.41, 5.74) is 3.34. The van der Waals surface area contributed by atoms with Crippen LogP contribution in [0.3, 0.4) is 0 Å². The average Bonchev–Trinajstić information content (AvgIpc) is 2.92. The zero-order valence-corrected chi connectivity index (χ0v) is 20.4. The molecule has 0 bridgehead atoms. The van der Waals surface area contributed by atoms with Crippen LogP contribution >= 0.6 is 0 Å². The summed E-state index contributed by atoms with van der Waals surface area (Å²) in [6.45, 7) is 2.94. The first-order valence-electron chi connectivity index (χ1n) is 11.7. The van der Waals surface area contributed by atoms with Gasteiger partial charge >= 0.3 is 6.03 Å². The topological polar surface area (TPSA) is 101 Å². The van der Waals surface area contributed by atoms with Crippen molar-refractivity contribution >= 4 is 29.0 Å². The zero-order chi connectivity index (χ0) is 25.3. The molecule has 0 aliphatic carbocycles. The second-order valence-electron chi connectivity index (χ2n) is 8.17. The van der Waals surface area contributed by atoms with Crippen LogP contribution in [0, 0.1) is 0 Å². The molecule has 1 aliphatic rings. The highest BCUT2D eigenvalue weighted by Gasteiger charge is 2.18. The van der Waals surface area contributed by atoms with Gasteiger partial charge in [-0.3, -0.25) is 4.79 Å². The van der Waals surface area contributed by atoms with E-state index in [-0.39, 0.29) is 5.91 Å². The lowest BCUT2D eigenvalue weighted by molar-refractivity contribution is 0.0951. The van der Waals surface area contributed by atoms with E-state index in [4.69, 9.17) is 14.2 Å². The number of methoxy groups -OCH3 is 2. The van der Waals surface area contributed by atoms with Crippen molar-refractivity contribution in [2.45, 2.75) is 6.54 Å². The first-order valence-corrected chi connectivity index (χ1v) is 11.7. The van der Waals surface area contributed by atoms with Crippen molar-refractivity contribution in [3.63, 3.8) is 0 Å². The smallest absolute Gasteiger partial charge is 0.323 e. The first kappa shape index (κ1) is 24.9. The van der Waals surface area contributed by atoms with Crippen molar-refractivity contribution in [1.29, 1.82) is 0 Å². The van der Waals surface area contributed by atoms with Crippen LogP contribution in [0.2, 0.25) is 0 Å². The number of amides is 3. The second-order valence-corrected chi connectivity index (χ2v) is 8.17. The monoisotopic (exact) mass is 490 g/mol. The van der Waals surface area contributed by atoms with E-state index in [9.17, 15) is 9.59 Å². The van der Waals surface area contributed by atoms with Crippen LogP contribution in [-0.4, -0.2) is 52.5 Å². The third-order valence-corrected chi connectivity index (χ3v) is 5.80. The molecule has 0 spiro atoms. The fraction of sp³-hybridized carbons (Fsp3) is 0.259. The van der Waals surface area contributed by atoms with Gasteiger partial charge in [0.2, 0.25) is 0 Å². The molecule has 3 aromatic rings. The minimum atomic E-state index is -0.423. The van der Waals surface area contributed by atoms with Crippen LogP contribution in [0.25, 0.3) is 0 Å². The van der Waals surface area contributed by atoms with Gasteiger partial charge in [-0.25, -0.2) is 4.79 Å². The van der Waals surface area contributed by atoms with E-state index in [1.54, 1.807) is 50.6 Å². The molecule has 0 unspecified atom stereocenters. The Kier molecular flexibility index (Phi) is 8.25. The number of hydrogen-bond donors (Lipinski definition) is 3. The van der Waals surface area contributed by atoms with Gasteiger partial charge in [0.25, 0.3) is 5.91 Å². The molecule has 3 aromatic carbocycles. The van der Waals surface area contributed by atoms with E-state index in [0.29, 0.717) is 55.5 Å². The molecule has 1 heterocycles. The number of morpholine rings is 1. The fourth-order valence-electron chi connectivity index (χ4n) is 3.87. The maximum Gasteiger partial charge on any atom is 0.323 e. The van der Waals surface area contributed by atoms with Crippen LogP contribution in [0.5, 0.6) is 11.5 Å². The van der Waals surface area contributed by atoms with E-state index in [2.05, 4.69) is 20.9 Å². The molecular weight excluding hydrogens is 460 g/mol. The van der Waals surface area contributed by atoms with Gasteiger partial charge in [-0.2, -0.15) is 0 Å².